The lowest BCUT2D eigenvalue weighted by Gasteiger charge is -2.28. The van der Waals surface area contributed by atoms with Crippen molar-refractivity contribution in [3.05, 3.63) is 130 Å². The zero-order valence-corrected chi connectivity index (χ0v) is 65.2. The molecule has 4 aromatic heterocycles. The monoisotopic (exact) mass is 1630 g/mol. The number of aliphatic hydroxyl groups excluding tert-OH is 4. The van der Waals surface area contributed by atoms with Gasteiger partial charge in [0.05, 0.1) is 75.3 Å². The van der Waals surface area contributed by atoms with Crippen LogP contribution in [0.25, 0.3) is 0 Å². The highest BCUT2D eigenvalue weighted by Gasteiger charge is 2.57. The van der Waals surface area contributed by atoms with E-state index < -0.39 is 227 Å². The predicted octanol–water partition coefficient (Wildman–Crippen LogP) is -1.69. The molecule has 608 valence electrons. The van der Waals surface area contributed by atoms with Gasteiger partial charge in [-0.2, -0.15) is 0 Å². The summed E-state index contributed by atoms with van der Waals surface area (Å²) in [7, 11) is -6.08. The summed E-state index contributed by atoms with van der Waals surface area (Å²) >= 11 is 0. The van der Waals surface area contributed by atoms with E-state index in [0.29, 0.717) is 0 Å². The molecular formula is C60H96N8O36P4+4. The lowest BCUT2D eigenvalue weighted by molar-refractivity contribution is -0.127. The normalized spacial score (nSPS) is 28.1. The molecule has 4 aliphatic rings. The maximum absolute atomic E-state index is 12.3. The van der Waals surface area contributed by atoms with Gasteiger partial charge in [0, 0.05) is 93.7 Å². The Balaban J connectivity index is 0.000000258. The first-order chi connectivity index (χ1) is 50.8. The summed E-state index contributed by atoms with van der Waals surface area (Å²) in [6.45, 7) is 17.8. The summed E-state index contributed by atoms with van der Waals surface area (Å²) in [5.41, 5.74) is -4.13. The van der Waals surface area contributed by atoms with Gasteiger partial charge in [0.15, 0.2) is 49.3 Å². The SMILES string of the molecule is CO[C@@H](C)[C@@H](C)O[C@H]1C(O[P+](=O)O)[C@@H](CO)O[C@H]1n1cc(C)c(=O)[nH]c1=O.CO[C@@H](C)[C@H](C)O[C@H]1C(O[P+](=O)O)[C@@H](CO)O[C@H]1n1cc(C)c(=O)[nH]c1=O.CO[C@H](C)[C@@H](C)O[C@H]1C(O[P+](=O)O)[C@@H](CO)O[C@H]1n1cc(C)c(=O)[nH]c1=O.CO[C@H](C)[C@H](C)O[C@H]1C(O[P+](=O)O)[C@@H](CO)O[C@H]1n1cc(C)c(=O)[nH]c1=O. The van der Waals surface area contributed by atoms with Crippen molar-refractivity contribution in [2.45, 2.75) is 230 Å². The van der Waals surface area contributed by atoms with Crippen molar-refractivity contribution in [3.63, 3.8) is 0 Å². The molecule has 108 heavy (non-hydrogen) atoms. The van der Waals surface area contributed by atoms with Crippen molar-refractivity contribution >= 4 is 33.0 Å². The summed E-state index contributed by atoms with van der Waals surface area (Å²) in [6, 6.07) is 0. The molecule has 0 amide bonds. The molecule has 0 saturated carbocycles. The van der Waals surface area contributed by atoms with E-state index in [4.69, 9.17) is 74.9 Å². The molecule has 28 atom stereocenters. The van der Waals surface area contributed by atoms with E-state index in [1.807, 2.05) is 0 Å². The summed E-state index contributed by atoms with van der Waals surface area (Å²) in [5.74, 6) is 0. The molecule has 8 heterocycles. The Morgan fingerprint density at radius 3 is 0.639 bits per heavy atom. The van der Waals surface area contributed by atoms with E-state index >= 15 is 0 Å². The number of aromatic nitrogens is 8. The molecule has 8 unspecified atom stereocenters. The summed E-state index contributed by atoms with van der Waals surface area (Å²) in [6.07, 6.45) is -15.2. The maximum Gasteiger partial charge on any atom is 0.695 e. The molecular weight excluding hydrogens is 1530 g/mol. The van der Waals surface area contributed by atoms with Gasteiger partial charge in [0.25, 0.3) is 22.2 Å². The Morgan fingerprint density at radius 2 is 0.500 bits per heavy atom. The molecule has 12 N–H and O–H groups in total. The number of nitrogens with one attached hydrogen (secondary N) is 4. The zero-order valence-electron chi connectivity index (χ0n) is 61.6. The highest BCUT2D eigenvalue weighted by molar-refractivity contribution is 7.32. The van der Waals surface area contributed by atoms with Crippen LogP contribution >= 0.6 is 33.0 Å². The van der Waals surface area contributed by atoms with Crippen molar-refractivity contribution in [2.75, 3.05) is 54.9 Å². The molecule has 0 bridgehead atoms. The first-order valence-electron chi connectivity index (χ1n) is 33.1. The highest BCUT2D eigenvalue weighted by atomic mass is 31.1. The molecule has 4 fully saturated rings. The average molecular weight is 1630 g/mol. The summed E-state index contributed by atoms with van der Waals surface area (Å²) < 4.78 is 137. The fraction of sp³-hybridized carbons (Fsp3) is 0.733. The fourth-order valence-corrected chi connectivity index (χ4v) is 13.0. The maximum atomic E-state index is 12.3. The molecule has 0 spiro atoms. The van der Waals surface area contributed by atoms with E-state index in [1.165, 1.54) is 80.9 Å². The van der Waals surface area contributed by atoms with Crippen LogP contribution in [0.15, 0.2) is 63.1 Å². The van der Waals surface area contributed by atoms with Gasteiger partial charge in [-0.05, 0) is 83.1 Å². The quantitative estimate of drug-likeness (QED) is 0.0243. The van der Waals surface area contributed by atoms with Crippen LogP contribution < -0.4 is 45.0 Å². The van der Waals surface area contributed by atoms with E-state index in [0.717, 1.165) is 18.3 Å². The second-order valence-corrected chi connectivity index (χ2v) is 27.9. The Kier molecular flexibility index (Phi) is 36.7. The van der Waals surface area contributed by atoms with Crippen molar-refractivity contribution in [1.82, 2.24) is 38.2 Å². The van der Waals surface area contributed by atoms with Crippen LogP contribution in [0, 0.1) is 27.7 Å². The van der Waals surface area contributed by atoms with Gasteiger partial charge in [-0.15, -0.1) is 37.7 Å². The van der Waals surface area contributed by atoms with Gasteiger partial charge in [0.1, 0.15) is 48.8 Å². The Labute approximate surface area is 617 Å². The van der Waals surface area contributed by atoms with Crippen LogP contribution in [0.3, 0.4) is 0 Å². The van der Waals surface area contributed by atoms with Crippen LogP contribution in [0.4, 0.5) is 0 Å². The van der Waals surface area contributed by atoms with Gasteiger partial charge < -0.3 is 77.3 Å². The van der Waals surface area contributed by atoms with Crippen molar-refractivity contribution in [2.24, 2.45) is 0 Å². The minimum Gasteiger partial charge on any atom is -0.394 e. The third-order valence-corrected chi connectivity index (χ3v) is 19.7. The number of aliphatic hydroxyl groups is 4. The molecule has 4 aromatic rings. The predicted molar refractivity (Wildman–Crippen MR) is 370 cm³/mol. The standard InChI is InChI=1S/4C15H23N2O9P/c4*1-7-5-17(15(20)16-13(7)19)14-12(24-9(3)8(2)23-4)11(26-27(21)22)10(6-18)25-14/h4*5,8-12,14,18H,6H2,1-4H3,(H-,16,19,20,21,22)/p+4/t8-,9+,10+,11?,12-,14+;8-,9+,10-,11?,12+,14-;8-,9-,10+,11?,12-,14+;8-,9-,10-,11?,12+,14-/m0101/s1. The summed E-state index contributed by atoms with van der Waals surface area (Å²) in [5, 5.41) is 38.3. The number of hydrogen-bond donors (Lipinski definition) is 12. The Hall–Kier alpha value is -5.84. The second kappa shape index (κ2) is 42.7. The molecule has 44 nitrogen and oxygen atoms in total. The van der Waals surface area contributed by atoms with Crippen LogP contribution in [-0.2, 0) is 93.2 Å². The first kappa shape index (κ1) is 92.8. The van der Waals surface area contributed by atoms with Gasteiger partial charge >= 0.3 is 55.8 Å². The number of aromatic amines is 4. The molecule has 4 aliphatic heterocycles. The van der Waals surface area contributed by atoms with E-state index in [-0.39, 0.29) is 46.7 Å². The van der Waals surface area contributed by atoms with E-state index in [9.17, 15) is 96.6 Å². The largest absolute Gasteiger partial charge is 0.695 e. The molecule has 0 aromatic carbocycles. The highest BCUT2D eigenvalue weighted by Crippen LogP contribution is 2.42. The number of ether oxygens (including phenoxy) is 12. The number of nitrogens with zero attached hydrogens (tertiary/aromatic N) is 4. The fourth-order valence-electron chi connectivity index (χ4n) is 11.1. The number of hydrogen-bond acceptors (Lipinski definition) is 32. The van der Waals surface area contributed by atoms with Crippen molar-refractivity contribution in [1.29, 1.82) is 0 Å². The molecule has 48 heteroatoms. The summed E-state index contributed by atoms with van der Waals surface area (Å²) in [4.78, 5) is 141. The topological polar surface area (TPSA) is 597 Å². The average Bonchev–Trinajstić information content (AvgIpc) is 1.66. The minimum absolute atomic E-state index is 0.258. The van der Waals surface area contributed by atoms with Crippen LogP contribution in [0.1, 0.15) is 103 Å². The lowest BCUT2D eigenvalue weighted by atomic mass is 10.1. The Morgan fingerprint density at radius 1 is 0.333 bits per heavy atom. The number of rotatable bonds is 32. The van der Waals surface area contributed by atoms with Gasteiger partial charge in [0.2, 0.25) is 0 Å². The van der Waals surface area contributed by atoms with Crippen molar-refractivity contribution in [3.8, 4) is 0 Å². The van der Waals surface area contributed by atoms with Crippen LogP contribution in [0.5, 0.6) is 0 Å². The van der Waals surface area contributed by atoms with Crippen molar-refractivity contribution < 1.29 is 133 Å². The van der Waals surface area contributed by atoms with Crippen LogP contribution in [0.2, 0.25) is 0 Å². The molecule has 8 rings (SSSR count). The molecule has 0 aliphatic carbocycles. The lowest BCUT2D eigenvalue weighted by Crippen LogP contribution is -2.43. The zero-order chi connectivity index (χ0) is 81.2. The van der Waals surface area contributed by atoms with Crippen LogP contribution in [-0.4, -0.2) is 255 Å². The second-order valence-electron chi connectivity index (χ2n) is 25.1. The van der Waals surface area contributed by atoms with Gasteiger partial charge in [-0.1, -0.05) is 0 Å². The third kappa shape index (κ3) is 24.1. The van der Waals surface area contributed by atoms with E-state index in [1.54, 1.807) is 55.4 Å². The molecule has 4 saturated heterocycles. The Bertz CT molecular complexity index is 3640. The minimum atomic E-state index is -3.02. The smallest absolute Gasteiger partial charge is 0.394 e. The number of methoxy groups -OCH3 is 4. The third-order valence-electron chi connectivity index (χ3n) is 18.0. The van der Waals surface area contributed by atoms with Gasteiger partial charge in [-0.3, -0.25) is 57.4 Å². The number of H-pyrrole nitrogens is 4. The van der Waals surface area contributed by atoms with E-state index in [2.05, 4.69) is 19.9 Å². The molecule has 0 radical (unpaired) electrons. The first-order valence-corrected chi connectivity index (χ1v) is 37.7. The van der Waals surface area contributed by atoms with Gasteiger partial charge in [-0.25, -0.2) is 19.2 Å². The number of aryl methyl sites for hydroxylation is 4.